The van der Waals surface area contributed by atoms with Crippen molar-refractivity contribution < 1.29 is 0 Å². The van der Waals surface area contributed by atoms with E-state index in [0.29, 0.717) is 6.04 Å². The van der Waals surface area contributed by atoms with E-state index in [1.807, 2.05) is 6.07 Å². The first-order valence-electron chi connectivity index (χ1n) is 5.54. The summed E-state index contributed by atoms with van der Waals surface area (Å²) in [7, 11) is 0. The van der Waals surface area contributed by atoms with Crippen molar-refractivity contribution in [3.63, 3.8) is 0 Å². The Hall–Kier alpha value is -1.12. The zero-order valence-electron chi connectivity index (χ0n) is 8.97. The van der Waals surface area contributed by atoms with Gasteiger partial charge in [0, 0.05) is 25.7 Å². The lowest BCUT2D eigenvalue weighted by molar-refractivity contribution is 0.372. The minimum atomic E-state index is 0.384. The van der Waals surface area contributed by atoms with E-state index in [1.54, 1.807) is 0 Å². The van der Waals surface area contributed by atoms with Gasteiger partial charge >= 0.3 is 0 Å². The van der Waals surface area contributed by atoms with Crippen LogP contribution < -0.4 is 5.73 Å². The van der Waals surface area contributed by atoms with Crippen LogP contribution in [0.3, 0.4) is 0 Å². The molecule has 0 aliphatic carbocycles. The van der Waals surface area contributed by atoms with Gasteiger partial charge in [0.05, 0.1) is 0 Å². The van der Waals surface area contributed by atoms with Crippen LogP contribution in [0.5, 0.6) is 0 Å². The van der Waals surface area contributed by atoms with Crippen molar-refractivity contribution in [2.75, 3.05) is 19.6 Å². The molecule has 80 valence electrons. The van der Waals surface area contributed by atoms with Crippen molar-refractivity contribution in [3.05, 3.63) is 42.0 Å². The molecule has 2 nitrogen and oxygen atoms in total. The summed E-state index contributed by atoms with van der Waals surface area (Å²) in [4.78, 5) is 2.39. The maximum absolute atomic E-state index is 5.84. The minimum Gasteiger partial charge on any atom is -0.326 e. The Morgan fingerprint density at radius 1 is 1.33 bits per heavy atom. The van der Waals surface area contributed by atoms with Crippen LogP contribution in [0.1, 0.15) is 12.0 Å². The van der Waals surface area contributed by atoms with Crippen LogP contribution in [0.15, 0.2) is 36.4 Å². The summed E-state index contributed by atoms with van der Waals surface area (Å²) in [6, 6.07) is 10.8. The molecule has 0 spiro atoms. The van der Waals surface area contributed by atoms with Gasteiger partial charge in [0.15, 0.2) is 0 Å². The molecule has 0 radical (unpaired) electrons. The van der Waals surface area contributed by atoms with Crippen molar-refractivity contribution in [2.45, 2.75) is 12.5 Å². The van der Waals surface area contributed by atoms with Crippen molar-refractivity contribution in [3.8, 4) is 0 Å². The fourth-order valence-corrected chi connectivity index (χ4v) is 1.93. The van der Waals surface area contributed by atoms with Crippen LogP contribution in [0, 0.1) is 0 Å². The Kier molecular flexibility index (Phi) is 3.54. The molecule has 15 heavy (non-hydrogen) atoms. The highest BCUT2D eigenvalue weighted by atomic mass is 15.2. The third kappa shape index (κ3) is 3.18. The number of benzene rings is 1. The zero-order valence-corrected chi connectivity index (χ0v) is 8.97. The Morgan fingerprint density at radius 3 is 2.80 bits per heavy atom. The lowest BCUT2D eigenvalue weighted by Gasteiger charge is -2.11. The molecular formula is C13H18N2. The van der Waals surface area contributed by atoms with Crippen LogP contribution in [0.4, 0.5) is 0 Å². The number of nitrogens with two attached hydrogens (primary N) is 1. The third-order valence-corrected chi connectivity index (χ3v) is 2.78. The molecule has 0 saturated carbocycles. The van der Waals surface area contributed by atoms with Crippen molar-refractivity contribution in [1.29, 1.82) is 0 Å². The fourth-order valence-electron chi connectivity index (χ4n) is 1.93. The number of nitrogens with zero attached hydrogens (tertiary/aromatic N) is 1. The van der Waals surface area contributed by atoms with Gasteiger partial charge in [0.1, 0.15) is 0 Å². The molecule has 0 amide bonds. The number of likely N-dealkylation sites (tertiary alicyclic amines) is 1. The van der Waals surface area contributed by atoms with E-state index in [1.165, 1.54) is 5.56 Å². The van der Waals surface area contributed by atoms with Crippen LogP contribution in [-0.4, -0.2) is 30.6 Å². The van der Waals surface area contributed by atoms with Gasteiger partial charge in [-0.25, -0.2) is 0 Å². The Labute approximate surface area is 91.4 Å². The average molecular weight is 202 g/mol. The lowest BCUT2D eigenvalue weighted by Crippen LogP contribution is -2.26. The number of hydrogen-bond donors (Lipinski definition) is 1. The summed E-state index contributed by atoms with van der Waals surface area (Å²) < 4.78 is 0. The summed E-state index contributed by atoms with van der Waals surface area (Å²) >= 11 is 0. The second-order valence-electron chi connectivity index (χ2n) is 4.12. The van der Waals surface area contributed by atoms with E-state index in [9.17, 15) is 0 Å². The summed E-state index contributed by atoms with van der Waals surface area (Å²) in [5, 5.41) is 0. The first-order chi connectivity index (χ1) is 7.34. The standard InChI is InChI=1S/C13H18N2/c14-13-8-10-15(11-13)9-4-7-12-5-2-1-3-6-12/h1-7,13H,8-11,14H2/b7-4+/t13-/m1/s1. The molecule has 0 aromatic heterocycles. The summed E-state index contributed by atoms with van der Waals surface area (Å²) in [5.41, 5.74) is 7.11. The van der Waals surface area contributed by atoms with E-state index in [0.717, 1.165) is 26.1 Å². The van der Waals surface area contributed by atoms with Crippen molar-refractivity contribution in [1.82, 2.24) is 4.90 Å². The first-order valence-corrected chi connectivity index (χ1v) is 5.54. The molecule has 2 heteroatoms. The highest BCUT2D eigenvalue weighted by Crippen LogP contribution is 2.07. The lowest BCUT2D eigenvalue weighted by atomic mass is 10.2. The summed E-state index contributed by atoms with van der Waals surface area (Å²) in [5.74, 6) is 0. The van der Waals surface area contributed by atoms with Crippen LogP contribution in [-0.2, 0) is 0 Å². The maximum atomic E-state index is 5.84. The van der Waals surface area contributed by atoms with Gasteiger partial charge in [0.2, 0.25) is 0 Å². The maximum Gasteiger partial charge on any atom is 0.0180 e. The molecule has 0 bridgehead atoms. The number of rotatable bonds is 3. The molecule has 1 aliphatic heterocycles. The van der Waals surface area contributed by atoms with Gasteiger partial charge in [-0.1, -0.05) is 42.5 Å². The zero-order chi connectivity index (χ0) is 10.5. The smallest absolute Gasteiger partial charge is 0.0180 e. The van der Waals surface area contributed by atoms with E-state index in [2.05, 4.69) is 41.3 Å². The van der Waals surface area contributed by atoms with E-state index < -0.39 is 0 Å². The molecule has 1 heterocycles. The van der Waals surface area contributed by atoms with Crippen LogP contribution >= 0.6 is 0 Å². The number of hydrogen-bond acceptors (Lipinski definition) is 2. The highest BCUT2D eigenvalue weighted by molar-refractivity contribution is 5.48. The molecule has 2 N–H and O–H groups in total. The van der Waals surface area contributed by atoms with Crippen LogP contribution in [0.25, 0.3) is 6.08 Å². The van der Waals surface area contributed by atoms with Gasteiger partial charge in [-0.3, -0.25) is 4.90 Å². The third-order valence-electron chi connectivity index (χ3n) is 2.78. The Balaban J connectivity index is 1.81. The largest absolute Gasteiger partial charge is 0.326 e. The monoisotopic (exact) mass is 202 g/mol. The highest BCUT2D eigenvalue weighted by Gasteiger charge is 2.16. The quantitative estimate of drug-likeness (QED) is 0.809. The first kappa shape index (κ1) is 10.4. The molecule has 1 atom stereocenters. The Morgan fingerprint density at radius 2 is 2.13 bits per heavy atom. The average Bonchev–Trinajstić information content (AvgIpc) is 2.66. The fraction of sp³-hybridized carbons (Fsp3) is 0.385. The van der Waals surface area contributed by atoms with Crippen LogP contribution in [0.2, 0.25) is 0 Å². The van der Waals surface area contributed by atoms with Gasteiger partial charge in [-0.05, 0) is 12.0 Å². The van der Waals surface area contributed by atoms with Gasteiger partial charge in [0.25, 0.3) is 0 Å². The predicted octanol–water partition coefficient (Wildman–Crippen LogP) is 1.73. The summed E-state index contributed by atoms with van der Waals surface area (Å²) in [6.07, 6.45) is 5.52. The SMILES string of the molecule is N[C@@H]1CCN(C/C=C/c2ccccc2)C1. The minimum absolute atomic E-state index is 0.384. The summed E-state index contributed by atoms with van der Waals surface area (Å²) in [6.45, 7) is 3.20. The second kappa shape index (κ2) is 5.10. The van der Waals surface area contributed by atoms with Crippen molar-refractivity contribution >= 4 is 6.08 Å². The van der Waals surface area contributed by atoms with Gasteiger partial charge < -0.3 is 5.73 Å². The molecule has 1 aromatic carbocycles. The van der Waals surface area contributed by atoms with E-state index in [4.69, 9.17) is 5.73 Å². The molecular weight excluding hydrogens is 184 g/mol. The molecule has 0 unspecified atom stereocenters. The topological polar surface area (TPSA) is 29.3 Å². The molecule has 1 saturated heterocycles. The molecule has 1 fully saturated rings. The van der Waals surface area contributed by atoms with Gasteiger partial charge in [-0.2, -0.15) is 0 Å². The molecule has 2 rings (SSSR count). The Bertz CT molecular complexity index is 319. The van der Waals surface area contributed by atoms with E-state index >= 15 is 0 Å². The predicted molar refractivity (Wildman–Crippen MR) is 64.5 cm³/mol. The van der Waals surface area contributed by atoms with E-state index in [-0.39, 0.29) is 0 Å². The second-order valence-corrected chi connectivity index (χ2v) is 4.12. The molecule has 1 aromatic rings. The molecule has 1 aliphatic rings. The van der Waals surface area contributed by atoms with Crippen molar-refractivity contribution in [2.24, 2.45) is 5.73 Å². The normalized spacial score (nSPS) is 22.6. The van der Waals surface area contributed by atoms with Gasteiger partial charge in [-0.15, -0.1) is 0 Å².